The lowest BCUT2D eigenvalue weighted by Gasteiger charge is -2.37. The third kappa shape index (κ3) is 5.39. The number of aliphatic hydroxyl groups is 8. The molecule has 3 aliphatic rings. The van der Waals surface area contributed by atoms with Crippen LogP contribution in [0.25, 0.3) is 11.1 Å². The summed E-state index contributed by atoms with van der Waals surface area (Å²) in [5, 5.41) is 82.4. The standard InChI is InChI=1S/C29H29NO11/c31-11-21-26(35)28(37)24(33)19(40-21)7-3-13-1-5-15-16-6-2-14(10-18(16)23(30-39)17(15)9-13)4-8-20-25(34)29(38)27(36)22(12-32)41-20/h1-2,5-6,9-10,19-29,31-38H,11-12H2. The molecule has 2 heterocycles. The normalized spacial score (nSPS) is 35.8. The Morgan fingerprint density at radius 1 is 0.634 bits per heavy atom. The molecule has 0 spiro atoms. The summed E-state index contributed by atoms with van der Waals surface area (Å²) in [5.41, 5.74) is 3.66. The Balaban J connectivity index is 1.38. The van der Waals surface area contributed by atoms with E-state index >= 15 is 0 Å². The van der Waals surface area contributed by atoms with Crippen LogP contribution in [0, 0.1) is 28.6 Å². The first-order valence-electron chi connectivity index (χ1n) is 12.9. The maximum Gasteiger partial charge on any atom is 0.147 e. The van der Waals surface area contributed by atoms with E-state index in [9.17, 15) is 45.8 Å². The maximum atomic E-state index is 11.9. The lowest BCUT2D eigenvalue weighted by Crippen LogP contribution is -2.58. The Hall–Kier alpha value is -3.24. The third-order valence-corrected chi connectivity index (χ3v) is 7.59. The van der Waals surface area contributed by atoms with Gasteiger partial charge in [-0.1, -0.05) is 41.0 Å². The van der Waals surface area contributed by atoms with Gasteiger partial charge in [0, 0.05) is 11.1 Å². The van der Waals surface area contributed by atoms with Crippen LogP contribution >= 0.6 is 0 Å². The molecule has 2 aromatic rings. The summed E-state index contributed by atoms with van der Waals surface area (Å²) in [6.07, 6.45) is -13.5. The first-order chi connectivity index (χ1) is 19.7. The number of nitroso groups, excluding NO2 is 1. The molecule has 0 saturated carbocycles. The molecule has 216 valence electrons. The van der Waals surface area contributed by atoms with Crippen molar-refractivity contribution in [2.45, 2.75) is 67.1 Å². The van der Waals surface area contributed by atoms with Gasteiger partial charge in [0.1, 0.15) is 67.1 Å². The van der Waals surface area contributed by atoms with E-state index in [0.717, 1.165) is 11.1 Å². The monoisotopic (exact) mass is 567 g/mol. The number of hydrogen-bond acceptors (Lipinski definition) is 12. The zero-order chi connectivity index (χ0) is 29.4. The molecule has 10 unspecified atom stereocenters. The summed E-state index contributed by atoms with van der Waals surface area (Å²) in [6, 6.07) is 9.45. The van der Waals surface area contributed by atoms with Crippen molar-refractivity contribution in [3.8, 4) is 34.8 Å². The lowest BCUT2D eigenvalue weighted by molar-refractivity contribution is -0.214. The highest BCUT2D eigenvalue weighted by Crippen LogP contribution is 2.46. The van der Waals surface area contributed by atoms with Crippen molar-refractivity contribution in [2.24, 2.45) is 5.18 Å². The molecule has 2 fully saturated rings. The van der Waals surface area contributed by atoms with Gasteiger partial charge in [0.2, 0.25) is 0 Å². The first-order valence-corrected chi connectivity index (χ1v) is 12.9. The molecule has 5 rings (SSSR count). The second-order valence-corrected chi connectivity index (χ2v) is 10.1. The van der Waals surface area contributed by atoms with Crippen molar-refractivity contribution in [1.29, 1.82) is 0 Å². The summed E-state index contributed by atoms with van der Waals surface area (Å²) < 4.78 is 10.8. The number of aliphatic hydroxyl groups excluding tert-OH is 8. The largest absolute Gasteiger partial charge is 0.394 e. The summed E-state index contributed by atoms with van der Waals surface area (Å²) >= 11 is 0. The van der Waals surface area contributed by atoms with Crippen LogP contribution in [0.2, 0.25) is 0 Å². The van der Waals surface area contributed by atoms with Crippen molar-refractivity contribution in [3.63, 3.8) is 0 Å². The van der Waals surface area contributed by atoms with E-state index < -0.39 is 80.3 Å². The molecule has 1 aliphatic carbocycles. The molecule has 0 amide bonds. The van der Waals surface area contributed by atoms with Crippen molar-refractivity contribution in [2.75, 3.05) is 13.2 Å². The number of ether oxygens (including phenoxy) is 2. The molecule has 0 aromatic heterocycles. The van der Waals surface area contributed by atoms with Crippen molar-refractivity contribution in [1.82, 2.24) is 0 Å². The van der Waals surface area contributed by atoms with E-state index in [2.05, 4.69) is 28.9 Å². The fraction of sp³-hybridized carbons (Fsp3) is 0.448. The van der Waals surface area contributed by atoms with Gasteiger partial charge < -0.3 is 50.3 Å². The third-order valence-electron chi connectivity index (χ3n) is 7.59. The van der Waals surface area contributed by atoms with E-state index in [4.69, 9.17) is 9.47 Å². The highest BCUT2D eigenvalue weighted by molar-refractivity contribution is 5.80. The average Bonchev–Trinajstić information content (AvgIpc) is 3.30. The first kappa shape index (κ1) is 29.3. The molecule has 0 radical (unpaired) electrons. The van der Waals surface area contributed by atoms with E-state index in [0.29, 0.717) is 22.3 Å². The summed E-state index contributed by atoms with van der Waals surface area (Å²) in [6.45, 7) is -1.14. The van der Waals surface area contributed by atoms with Gasteiger partial charge in [-0.3, -0.25) is 0 Å². The molecule has 2 aliphatic heterocycles. The predicted molar refractivity (Wildman–Crippen MR) is 141 cm³/mol. The van der Waals surface area contributed by atoms with E-state index in [1.807, 2.05) is 0 Å². The Bertz CT molecular complexity index is 1320. The molecule has 8 N–H and O–H groups in total. The topological polar surface area (TPSA) is 210 Å². The molecule has 41 heavy (non-hydrogen) atoms. The Morgan fingerprint density at radius 2 is 1.05 bits per heavy atom. The van der Waals surface area contributed by atoms with Crippen molar-refractivity contribution < 1.29 is 50.3 Å². The van der Waals surface area contributed by atoms with Gasteiger partial charge in [-0.2, -0.15) is 0 Å². The fourth-order valence-electron chi connectivity index (χ4n) is 5.26. The molecular formula is C29H29NO11. The molecule has 12 nitrogen and oxygen atoms in total. The van der Waals surface area contributed by atoms with E-state index in [1.165, 1.54) is 0 Å². The van der Waals surface area contributed by atoms with Crippen LogP contribution in [-0.2, 0) is 9.47 Å². The summed E-state index contributed by atoms with van der Waals surface area (Å²) in [5.74, 6) is 11.1. The molecule has 12 heteroatoms. The zero-order valence-electron chi connectivity index (χ0n) is 21.5. The average molecular weight is 568 g/mol. The number of hydrogen-bond donors (Lipinski definition) is 8. The minimum atomic E-state index is -1.55. The Morgan fingerprint density at radius 3 is 1.41 bits per heavy atom. The Labute approximate surface area is 234 Å². The van der Waals surface area contributed by atoms with Gasteiger partial charge in [0.25, 0.3) is 0 Å². The van der Waals surface area contributed by atoms with Gasteiger partial charge >= 0.3 is 0 Å². The van der Waals surface area contributed by atoms with Crippen molar-refractivity contribution in [3.05, 3.63) is 63.6 Å². The van der Waals surface area contributed by atoms with Crippen LogP contribution in [0.4, 0.5) is 0 Å². The highest BCUT2D eigenvalue weighted by Gasteiger charge is 2.43. The van der Waals surface area contributed by atoms with Crippen LogP contribution < -0.4 is 0 Å². The van der Waals surface area contributed by atoms with Gasteiger partial charge in [-0.05, 0) is 46.5 Å². The Kier molecular flexibility index (Phi) is 8.52. The second kappa shape index (κ2) is 11.9. The number of rotatable bonds is 3. The predicted octanol–water partition coefficient (Wildman–Crippen LogP) is -2.09. The van der Waals surface area contributed by atoms with Crippen LogP contribution in [0.1, 0.15) is 28.3 Å². The van der Waals surface area contributed by atoms with Gasteiger partial charge in [0.15, 0.2) is 0 Å². The van der Waals surface area contributed by atoms with E-state index in [-0.39, 0.29) is 0 Å². The molecule has 2 saturated heterocycles. The van der Waals surface area contributed by atoms with Crippen LogP contribution in [0.15, 0.2) is 41.6 Å². The number of fused-ring (bicyclic) bond motifs is 3. The fourth-order valence-corrected chi connectivity index (χ4v) is 5.26. The highest BCUT2D eigenvalue weighted by atomic mass is 16.5. The molecule has 0 bridgehead atoms. The quantitative estimate of drug-likeness (QED) is 0.149. The number of benzene rings is 2. The van der Waals surface area contributed by atoms with E-state index in [1.54, 1.807) is 36.4 Å². The molecule has 2 aromatic carbocycles. The second-order valence-electron chi connectivity index (χ2n) is 10.1. The smallest absolute Gasteiger partial charge is 0.147 e. The van der Waals surface area contributed by atoms with Gasteiger partial charge in [0.05, 0.1) is 13.2 Å². The molecule has 10 atom stereocenters. The van der Waals surface area contributed by atoms with Crippen LogP contribution in [0.3, 0.4) is 0 Å². The zero-order valence-corrected chi connectivity index (χ0v) is 21.5. The number of nitrogens with zero attached hydrogens (tertiary/aromatic N) is 1. The van der Waals surface area contributed by atoms with Crippen LogP contribution in [-0.4, -0.2) is 115 Å². The maximum absolute atomic E-state index is 11.9. The van der Waals surface area contributed by atoms with Crippen molar-refractivity contribution >= 4 is 0 Å². The van der Waals surface area contributed by atoms with Gasteiger partial charge in [-0.25, -0.2) is 0 Å². The minimum absolute atomic E-state index is 0.477. The van der Waals surface area contributed by atoms with Gasteiger partial charge in [-0.15, -0.1) is 4.91 Å². The minimum Gasteiger partial charge on any atom is -0.394 e. The lowest BCUT2D eigenvalue weighted by atomic mass is 9.95. The SMILES string of the molecule is O=NC1c2cc(C#CC3OC(CO)C(O)C(O)C3O)ccc2-c2ccc(C#CC3OC(CO)C(O)C(O)C3O)cc21. The summed E-state index contributed by atoms with van der Waals surface area (Å²) in [7, 11) is 0. The molecular weight excluding hydrogens is 538 g/mol. The van der Waals surface area contributed by atoms with Crippen LogP contribution in [0.5, 0.6) is 0 Å². The summed E-state index contributed by atoms with van der Waals surface area (Å²) in [4.78, 5) is 11.9.